The third-order valence-electron chi connectivity index (χ3n) is 6.84. The Balaban J connectivity index is 1.62. The fourth-order valence-corrected chi connectivity index (χ4v) is 4.79. The molecule has 1 saturated carbocycles. The number of imide groups is 1. The third-order valence-corrected chi connectivity index (χ3v) is 6.84. The van der Waals surface area contributed by atoms with Crippen LogP contribution in [-0.2, 0) is 14.3 Å². The molecule has 0 aromatic heterocycles. The zero-order valence-corrected chi connectivity index (χ0v) is 16.6. The van der Waals surface area contributed by atoms with Crippen LogP contribution < -0.4 is 0 Å². The number of aliphatic hydroxyl groups is 3. The summed E-state index contributed by atoms with van der Waals surface area (Å²) >= 11 is 0. The molecule has 2 saturated heterocycles. The first kappa shape index (κ1) is 21.0. The van der Waals surface area contributed by atoms with Gasteiger partial charge in [0.25, 0.3) is 0 Å². The van der Waals surface area contributed by atoms with Gasteiger partial charge in [0.05, 0.1) is 17.6 Å². The van der Waals surface area contributed by atoms with Crippen molar-refractivity contribution in [3.63, 3.8) is 0 Å². The van der Waals surface area contributed by atoms with Crippen molar-refractivity contribution in [3.05, 3.63) is 0 Å². The Hall–Kier alpha value is -1.71. The molecule has 0 radical (unpaired) electrons. The van der Waals surface area contributed by atoms with Gasteiger partial charge in [0.15, 0.2) is 0 Å². The first-order valence-corrected chi connectivity index (χ1v) is 9.97. The van der Waals surface area contributed by atoms with E-state index < -0.39 is 47.8 Å². The summed E-state index contributed by atoms with van der Waals surface area (Å²) in [5.74, 6) is -1.36. The van der Waals surface area contributed by atoms with Crippen molar-refractivity contribution in [1.29, 1.82) is 0 Å². The normalized spacial score (nSPS) is 38.2. The van der Waals surface area contributed by atoms with Gasteiger partial charge < -0.3 is 25.0 Å². The number of rotatable bonds is 2. The van der Waals surface area contributed by atoms with E-state index in [0.717, 1.165) is 0 Å². The minimum Gasteiger partial charge on any atom is -0.445 e. The molecule has 2 heterocycles. The van der Waals surface area contributed by atoms with E-state index in [2.05, 4.69) is 0 Å². The minimum absolute atomic E-state index is 0.150. The predicted molar refractivity (Wildman–Crippen MR) is 96.9 cm³/mol. The molecule has 3 N–H and O–H groups in total. The highest BCUT2D eigenvalue weighted by molar-refractivity contribution is 6.06. The van der Waals surface area contributed by atoms with Crippen LogP contribution in [0.5, 0.6) is 0 Å². The van der Waals surface area contributed by atoms with Gasteiger partial charge in [-0.2, -0.15) is 0 Å². The maximum atomic E-state index is 12.6. The first-order valence-electron chi connectivity index (χ1n) is 9.97. The summed E-state index contributed by atoms with van der Waals surface area (Å²) < 4.78 is 5.58. The molecule has 3 amide bonds. The molecule has 1 aliphatic carbocycles. The van der Waals surface area contributed by atoms with Gasteiger partial charge in [-0.3, -0.25) is 14.5 Å². The summed E-state index contributed by atoms with van der Waals surface area (Å²) in [5, 5.41) is 30.0. The summed E-state index contributed by atoms with van der Waals surface area (Å²) in [4.78, 5) is 40.1. The Morgan fingerprint density at radius 1 is 1.07 bits per heavy atom. The van der Waals surface area contributed by atoms with E-state index in [4.69, 9.17) is 4.74 Å². The molecule has 9 heteroatoms. The van der Waals surface area contributed by atoms with Gasteiger partial charge >= 0.3 is 6.09 Å². The molecule has 9 nitrogen and oxygen atoms in total. The van der Waals surface area contributed by atoms with Crippen LogP contribution in [0.25, 0.3) is 0 Å². The monoisotopic (exact) mass is 398 g/mol. The fraction of sp³-hybridized carbons (Fsp3) is 0.842. The Morgan fingerprint density at radius 3 is 2.07 bits per heavy atom. The lowest BCUT2D eigenvalue weighted by Crippen LogP contribution is -2.58. The number of carbonyl (C=O) groups is 3. The Labute approximate surface area is 164 Å². The summed E-state index contributed by atoms with van der Waals surface area (Å²) in [6, 6.07) is 0. The Kier molecular flexibility index (Phi) is 5.71. The van der Waals surface area contributed by atoms with E-state index in [9.17, 15) is 29.7 Å². The van der Waals surface area contributed by atoms with Gasteiger partial charge in [-0.1, -0.05) is 13.8 Å². The number of piperidine rings is 1. The molecule has 158 valence electrons. The Morgan fingerprint density at radius 2 is 1.61 bits per heavy atom. The van der Waals surface area contributed by atoms with Crippen molar-refractivity contribution < 1.29 is 34.4 Å². The van der Waals surface area contributed by atoms with Crippen LogP contribution in [0.2, 0.25) is 0 Å². The second-order valence-electron chi connectivity index (χ2n) is 8.43. The predicted octanol–water partition coefficient (Wildman–Crippen LogP) is -0.279. The Bertz CT molecular complexity index is 630. The SMILES string of the molecule is CCN1C(=O)CC2(CCN(C(=O)OC3[C@@H](C)C(O)C(O)[C@@H](O)[C@@H]3C)CC2)C1=O. The van der Waals surface area contributed by atoms with Gasteiger partial charge in [-0.05, 0) is 19.8 Å². The maximum Gasteiger partial charge on any atom is 0.410 e. The lowest BCUT2D eigenvalue weighted by Gasteiger charge is -2.44. The molecule has 3 aliphatic rings. The summed E-state index contributed by atoms with van der Waals surface area (Å²) in [6.45, 7) is 6.08. The van der Waals surface area contributed by atoms with Crippen molar-refractivity contribution >= 4 is 17.9 Å². The molecule has 3 fully saturated rings. The molecule has 0 bridgehead atoms. The summed E-state index contributed by atoms with van der Waals surface area (Å²) in [6.07, 6.45) is -3.95. The first-order chi connectivity index (χ1) is 13.1. The molecule has 0 aromatic carbocycles. The van der Waals surface area contributed by atoms with Crippen molar-refractivity contribution in [3.8, 4) is 0 Å². The molecular weight excluding hydrogens is 368 g/mol. The largest absolute Gasteiger partial charge is 0.445 e. The second kappa shape index (κ2) is 7.61. The number of hydrogen-bond donors (Lipinski definition) is 3. The van der Waals surface area contributed by atoms with Gasteiger partial charge in [0, 0.05) is 37.9 Å². The highest BCUT2D eigenvalue weighted by Gasteiger charge is 2.53. The van der Waals surface area contributed by atoms with Crippen LogP contribution in [0, 0.1) is 17.3 Å². The topological polar surface area (TPSA) is 128 Å². The number of amides is 3. The lowest BCUT2D eigenvalue weighted by atomic mass is 9.75. The van der Waals surface area contributed by atoms with Gasteiger partial charge in [0.1, 0.15) is 12.2 Å². The van der Waals surface area contributed by atoms with E-state index in [1.807, 2.05) is 0 Å². The van der Waals surface area contributed by atoms with Crippen molar-refractivity contribution in [2.24, 2.45) is 17.3 Å². The summed E-state index contributed by atoms with van der Waals surface area (Å²) in [7, 11) is 0. The van der Waals surface area contributed by atoms with Crippen molar-refractivity contribution in [2.75, 3.05) is 19.6 Å². The molecular formula is C19H30N2O7. The third kappa shape index (κ3) is 3.29. The average Bonchev–Trinajstić information content (AvgIpc) is 2.91. The van der Waals surface area contributed by atoms with E-state index >= 15 is 0 Å². The number of aliphatic hydroxyl groups excluding tert-OH is 3. The number of ether oxygens (including phenoxy) is 1. The molecule has 3 rings (SSSR count). The highest BCUT2D eigenvalue weighted by atomic mass is 16.6. The minimum atomic E-state index is -1.28. The molecule has 2 aliphatic heterocycles. The van der Waals surface area contributed by atoms with E-state index in [1.54, 1.807) is 20.8 Å². The zero-order valence-electron chi connectivity index (χ0n) is 16.6. The molecule has 3 unspecified atom stereocenters. The molecule has 1 spiro atoms. The quantitative estimate of drug-likeness (QED) is 0.546. The van der Waals surface area contributed by atoms with Crippen molar-refractivity contribution in [1.82, 2.24) is 9.80 Å². The van der Waals surface area contributed by atoms with Crippen LogP contribution in [-0.4, -0.2) is 87.1 Å². The zero-order chi connectivity index (χ0) is 20.8. The van der Waals surface area contributed by atoms with E-state index in [0.29, 0.717) is 32.5 Å². The second-order valence-corrected chi connectivity index (χ2v) is 8.43. The smallest absolute Gasteiger partial charge is 0.410 e. The highest BCUT2D eigenvalue weighted by Crippen LogP contribution is 2.42. The van der Waals surface area contributed by atoms with Crippen LogP contribution in [0.15, 0.2) is 0 Å². The summed E-state index contributed by atoms with van der Waals surface area (Å²) in [5.41, 5.74) is -0.716. The van der Waals surface area contributed by atoms with Crippen LogP contribution in [0.4, 0.5) is 4.79 Å². The van der Waals surface area contributed by atoms with Crippen LogP contribution >= 0.6 is 0 Å². The van der Waals surface area contributed by atoms with E-state index in [1.165, 1.54) is 9.80 Å². The van der Waals surface area contributed by atoms with Crippen LogP contribution in [0.3, 0.4) is 0 Å². The lowest BCUT2D eigenvalue weighted by molar-refractivity contribution is -0.174. The van der Waals surface area contributed by atoms with Gasteiger partial charge in [-0.25, -0.2) is 4.79 Å². The average molecular weight is 398 g/mol. The van der Waals surface area contributed by atoms with Crippen molar-refractivity contribution in [2.45, 2.75) is 64.4 Å². The molecule has 28 heavy (non-hydrogen) atoms. The number of nitrogens with zero attached hydrogens (tertiary/aromatic N) is 2. The molecule has 0 aromatic rings. The maximum absolute atomic E-state index is 12.6. The van der Waals surface area contributed by atoms with Gasteiger partial charge in [-0.15, -0.1) is 0 Å². The number of likely N-dealkylation sites (tertiary alicyclic amines) is 2. The standard InChI is InChI=1S/C19H30N2O7/c1-4-21-12(22)9-19(17(21)26)5-7-20(8-6-19)18(27)28-16-10(2)13(23)15(25)14(24)11(16)3/h10-11,13-16,23-25H,4-9H2,1-3H3/t10-,11-,13-,14?,15?,16?/m0/s1. The number of carbonyl (C=O) groups excluding carboxylic acids is 3. The van der Waals surface area contributed by atoms with Gasteiger partial charge in [0.2, 0.25) is 11.8 Å². The molecule has 6 atom stereocenters. The number of hydrogen-bond acceptors (Lipinski definition) is 7. The fourth-order valence-electron chi connectivity index (χ4n) is 4.79. The van der Waals surface area contributed by atoms with Crippen LogP contribution in [0.1, 0.15) is 40.0 Å². The van der Waals surface area contributed by atoms with E-state index in [-0.39, 0.29) is 18.2 Å².